The summed E-state index contributed by atoms with van der Waals surface area (Å²) in [6.45, 7) is 12.7. The molecule has 0 atom stereocenters. The Morgan fingerprint density at radius 1 is 1.40 bits per heavy atom. The van der Waals surface area contributed by atoms with Crippen molar-refractivity contribution < 1.29 is 0 Å². The third-order valence-electron chi connectivity index (χ3n) is 1.06. The molecule has 0 aromatic rings. The minimum Gasteiger partial charge on any atom is -0.271 e. The predicted molar refractivity (Wildman–Crippen MR) is 46.0 cm³/mol. The largest absolute Gasteiger partial charge is 0.271 e. The second-order valence-corrected chi connectivity index (χ2v) is 2.50. The summed E-state index contributed by atoms with van der Waals surface area (Å²) >= 11 is 0. The zero-order valence-electron chi connectivity index (χ0n) is 7.31. The summed E-state index contributed by atoms with van der Waals surface area (Å²) < 4.78 is 0. The molecule has 0 unspecified atom stereocenters. The van der Waals surface area contributed by atoms with Gasteiger partial charge in [0, 0.05) is 18.0 Å². The van der Waals surface area contributed by atoms with E-state index in [1.54, 1.807) is 0 Å². The van der Waals surface area contributed by atoms with Gasteiger partial charge in [0.15, 0.2) is 0 Å². The number of hydrazone groups is 1. The Hall–Kier alpha value is -0.790. The molecule has 0 rings (SSSR count). The van der Waals surface area contributed by atoms with Gasteiger partial charge in [-0.25, -0.2) is 0 Å². The average molecular weight is 140 g/mol. The lowest BCUT2D eigenvalue weighted by Gasteiger charge is -2.16. The van der Waals surface area contributed by atoms with Crippen LogP contribution >= 0.6 is 0 Å². The van der Waals surface area contributed by atoms with Crippen LogP contribution in [0.3, 0.4) is 0 Å². The van der Waals surface area contributed by atoms with Crippen molar-refractivity contribution in [3.05, 3.63) is 12.3 Å². The van der Waals surface area contributed by atoms with Crippen molar-refractivity contribution in [1.82, 2.24) is 5.01 Å². The first-order chi connectivity index (χ1) is 4.57. The fourth-order valence-corrected chi connectivity index (χ4v) is 0.667. The van der Waals surface area contributed by atoms with Crippen molar-refractivity contribution in [2.75, 3.05) is 6.54 Å². The highest BCUT2D eigenvalue weighted by molar-refractivity contribution is 5.78. The van der Waals surface area contributed by atoms with Crippen LogP contribution in [0.4, 0.5) is 0 Å². The highest BCUT2D eigenvalue weighted by atomic mass is 15.5. The quantitative estimate of drug-likeness (QED) is 0.433. The van der Waals surface area contributed by atoms with E-state index >= 15 is 0 Å². The third-order valence-corrected chi connectivity index (χ3v) is 1.06. The first-order valence-corrected chi connectivity index (χ1v) is 3.52. The molecule has 0 saturated carbocycles. The predicted octanol–water partition coefficient (Wildman–Crippen LogP) is 2.24. The summed E-state index contributed by atoms with van der Waals surface area (Å²) in [6, 6.07) is 0. The number of hydrogen-bond donors (Lipinski definition) is 0. The molecule has 0 aliphatic carbocycles. The Balaban J connectivity index is 4.09. The molecule has 10 heavy (non-hydrogen) atoms. The normalized spacial score (nSPS) is 8.80. The van der Waals surface area contributed by atoms with E-state index in [0.29, 0.717) is 0 Å². The molecule has 58 valence electrons. The second-order valence-electron chi connectivity index (χ2n) is 2.50. The van der Waals surface area contributed by atoms with Crippen molar-refractivity contribution in [3.8, 4) is 0 Å². The molecule has 0 saturated heterocycles. The van der Waals surface area contributed by atoms with Gasteiger partial charge in [0.1, 0.15) is 0 Å². The minimum atomic E-state index is 0.889. The number of hydrogen-bond acceptors (Lipinski definition) is 2. The van der Waals surface area contributed by atoms with Crippen molar-refractivity contribution in [3.63, 3.8) is 0 Å². The molecule has 0 spiro atoms. The Labute approximate surface area is 63.2 Å². The standard InChI is InChI=1S/C8H16N2/c1-6-10(8(4)5)9-7(2)3/h4,6H2,1-3,5H3. The lowest BCUT2D eigenvalue weighted by Crippen LogP contribution is -2.14. The topological polar surface area (TPSA) is 15.6 Å². The smallest absolute Gasteiger partial charge is 0.0383 e. The van der Waals surface area contributed by atoms with Crippen LogP contribution in [-0.2, 0) is 0 Å². The zero-order valence-corrected chi connectivity index (χ0v) is 7.31. The van der Waals surface area contributed by atoms with Gasteiger partial charge in [-0.05, 0) is 27.7 Å². The van der Waals surface area contributed by atoms with Gasteiger partial charge in [-0.2, -0.15) is 5.10 Å². The molecule has 2 nitrogen and oxygen atoms in total. The first-order valence-electron chi connectivity index (χ1n) is 3.52. The molecule has 0 N–H and O–H groups in total. The molecule has 2 heteroatoms. The van der Waals surface area contributed by atoms with Gasteiger partial charge >= 0.3 is 0 Å². The molecule has 0 bridgehead atoms. The van der Waals surface area contributed by atoms with Gasteiger partial charge in [0.25, 0.3) is 0 Å². The van der Waals surface area contributed by atoms with Gasteiger partial charge < -0.3 is 0 Å². The minimum absolute atomic E-state index is 0.889. The molecular formula is C8H16N2. The van der Waals surface area contributed by atoms with Crippen molar-refractivity contribution in [2.45, 2.75) is 27.7 Å². The van der Waals surface area contributed by atoms with E-state index in [9.17, 15) is 0 Å². The van der Waals surface area contributed by atoms with Crippen LogP contribution < -0.4 is 0 Å². The molecule has 0 aliphatic rings. The summed E-state index contributed by atoms with van der Waals surface area (Å²) in [5.41, 5.74) is 2.05. The monoisotopic (exact) mass is 140 g/mol. The van der Waals surface area contributed by atoms with Gasteiger partial charge in [-0.15, -0.1) is 0 Å². The van der Waals surface area contributed by atoms with Crippen LogP contribution in [0.15, 0.2) is 17.4 Å². The van der Waals surface area contributed by atoms with Crippen LogP contribution in [0.1, 0.15) is 27.7 Å². The second kappa shape index (κ2) is 4.09. The fraction of sp³-hybridized carbons (Fsp3) is 0.625. The molecule has 0 aromatic heterocycles. The summed E-state index contributed by atoms with van der Waals surface area (Å²) in [7, 11) is 0. The number of allylic oxidation sites excluding steroid dienone is 1. The lowest BCUT2D eigenvalue weighted by atomic mass is 10.5. The van der Waals surface area contributed by atoms with E-state index in [1.165, 1.54) is 0 Å². The van der Waals surface area contributed by atoms with E-state index in [4.69, 9.17) is 0 Å². The first kappa shape index (κ1) is 9.21. The van der Waals surface area contributed by atoms with Gasteiger partial charge in [0.2, 0.25) is 0 Å². The Morgan fingerprint density at radius 2 is 1.90 bits per heavy atom. The van der Waals surface area contributed by atoms with Crippen molar-refractivity contribution >= 4 is 5.71 Å². The summed E-state index contributed by atoms with van der Waals surface area (Å²) in [4.78, 5) is 0. The lowest BCUT2D eigenvalue weighted by molar-refractivity contribution is 0.387. The number of rotatable bonds is 3. The van der Waals surface area contributed by atoms with Crippen molar-refractivity contribution in [2.24, 2.45) is 5.10 Å². The highest BCUT2D eigenvalue weighted by Crippen LogP contribution is 1.99. The molecule has 0 fully saturated rings. The Bertz CT molecular complexity index is 143. The van der Waals surface area contributed by atoms with E-state index in [2.05, 4.69) is 18.6 Å². The van der Waals surface area contributed by atoms with Crippen molar-refractivity contribution in [1.29, 1.82) is 0 Å². The molecular weight excluding hydrogens is 124 g/mol. The Kier molecular flexibility index (Phi) is 3.77. The van der Waals surface area contributed by atoms with E-state index in [1.807, 2.05) is 25.8 Å². The average Bonchev–Trinajstić information content (AvgIpc) is 1.81. The van der Waals surface area contributed by atoms with E-state index < -0.39 is 0 Å². The summed E-state index contributed by atoms with van der Waals surface area (Å²) in [6.07, 6.45) is 0. The molecule has 0 aromatic carbocycles. The summed E-state index contributed by atoms with van der Waals surface area (Å²) in [5.74, 6) is 0. The van der Waals surface area contributed by atoms with Crippen LogP contribution in [0, 0.1) is 0 Å². The SMILES string of the molecule is C=C(C)N(CC)N=C(C)C. The van der Waals surface area contributed by atoms with Crippen LogP contribution in [0.25, 0.3) is 0 Å². The molecule has 0 radical (unpaired) electrons. The van der Waals surface area contributed by atoms with Crippen LogP contribution in [0.5, 0.6) is 0 Å². The summed E-state index contributed by atoms with van der Waals surface area (Å²) in [5, 5.41) is 6.13. The van der Waals surface area contributed by atoms with E-state index in [-0.39, 0.29) is 0 Å². The molecule has 0 heterocycles. The zero-order chi connectivity index (χ0) is 8.15. The van der Waals surface area contributed by atoms with Gasteiger partial charge in [0.05, 0.1) is 0 Å². The maximum atomic E-state index is 4.25. The fourth-order valence-electron chi connectivity index (χ4n) is 0.667. The number of nitrogens with zero attached hydrogens (tertiary/aromatic N) is 2. The van der Waals surface area contributed by atoms with Crippen LogP contribution in [0.2, 0.25) is 0 Å². The highest BCUT2D eigenvalue weighted by Gasteiger charge is 1.95. The molecule has 0 aliphatic heterocycles. The van der Waals surface area contributed by atoms with Gasteiger partial charge in [-0.1, -0.05) is 6.58 Å². The maximum Gasteiger partial charge on any atom is 0.0383 e. The third kappa shape index (κ3) is 3.28. The van der Waals surface area contributed by atoms with Crippen LogP contribution in [-0.4, -0.2) is 17.3 Å². The van der Waals surface area contributed by atoms with E-state index in [0.717, 1.165) is 18.0 Å². The van der Waals surface area contributed by atoms with Gasteiger partial charge in [-0.3, -0.25) is 5.01 Å². The maximum absolute atomic E-state index is 4.25. The Morgan fingerprint density at radius 3 is 2.00 bits per heavy atom. The molecule has 0 amide bonds.